The van der Waals surface area contributed by atoms with E-state index in [9.17, 15) is 8.42 Å². The van der Waals surface area contributed by atoms with E-state index in [2.05, 4.69) is 15.6 Å². The van der Waals surface area contributed by atoms with Gasteiger partial charge in [-0.05, 0) is 49.3 Å². The van der Waals surface area contributed by atoms with Crippen LogP contribution in [0, 0.1) is 5.92 Å². The summed E-state index contributed by atoms with van der Waals surface area (Å²) in [5.74, 6) is 1.59. The summed E-state index contributed by atoms with van der Waals surface area (Å²) >= 11 is 0. The molecule has 0 heterocycles. The van der Waals surface area contributed by atoms with Gasteiger partial charge in [-0.25, -0.2) is 8.42 Å². The van der Waals surface area contributed by atoms with Crippen molar-refractivity contribution in [3.8, 4) is 0 Å². The molecular formula is C18H30IN3O3S. The van der Waals surface area contributed by atoms with Crippen LogP contribution in [0.4, 0.5) is 0 Å². The quantitative estimate of drug-likeness (QED) is 0.225. The van der Waals surface area contributed by atoms with Crippen molar-refractivity contribution in [2.24, 2.45) is 10.9 Å². The zero-order chi connectivity index (χ0) is 18.1. The molecule has 8 heteroatoms. The number of guanidine groups is 1. The lowest BCUT2D eigenvalue weighted by Gasteiger charge is -2.12. The lowest BCUT2D eigenvalue weighted by atomic mass is 10.1. The monoisotopic (exact) mass is 495 g/mol. The minimum atomic E-state index is -3.13. The average molecular weight is 495 g/mol. The van der Waals surface area contributed by atoms with Gasteiger partial charge in [-0.3, -0.25) is 4.99 Å². The van der Waals surface area contributed by atoms with Gasteiger partial charge in [-0.1, -0.05) is 12.1 Å². The largest absolute Gasteiger partial charge is 0.381 e. The normalized spacial score (nSPS) is 14.6. The number of benzene rings is 1. The molecule has 0 amide bonds. The van der Waals surface area contributed by atoms with E-state index < -0.39 is 9.84 Å². The molecule has 0 aromatic heterocycles. The van der Waals surface area contributed by atoms with Crippen molar-refractivity contribution in [1.82, 2.24) is 10.6 Å². The van der Waals surface area contributed by atoms with Gasteiger partial charge in [0.25, 0.3) is 0 Å². The summed E-state index contributed by atoms with van der Waals surface area (Å²) in [6, 6.07) is 7.01. The molecule has 1 aliphatic carbocycles. The Bertz CT molecular complexity index is 659. The van der Waals surface area contributed by atoms with E-state index in [0.717, 1.165) is 56.6 Å². The molecule has 1 saturated carbocycles. The molecule has 0 spiro atoms. The molecule has 26 heavy (non-hydrogen) atoms. The Labute approximate surface area is 174 Å². The maximum Gasteiger partial charge on any atom is 0.190 e. The Morgan fingerprint density at radius 1 is 1.19 bits per heavy atom. The van der Waals surface area contributed by atoms with Crippen LogP contribution in [-0.2, 0) is 21.0 Å². The standard InChI is InChI=1S/C18H29N3O3S.HI/c1-19-18(20-11-3-13-24-14-16-4-5-16)21-12-10-15-6-8-17(9-7-15)25(2,22)23;/h6-9,16H,3-5,10-14H2,1-2H3,(H2,19,20,21);1H. The molecule has 0 saturated heterocycles. The van der Waals surface area contributed by atoms with Crippen molar-refractivity contribution >= 4 is 39.8 Å². The van der Waals surface area contributed by atoms with Crippen LogP contribution in [0.15, 0.2) is 34.2 Å². The van der Waals surface area contributed by atoms with E-state index >= 15 is 0 Å². The van der Waals surface area contributed by atoms with Crippen molar-refractivity contribution < 1.29 is 13.2 Å². The van der Waals surface area contributed by atoms with E-state index in [1.165, 1.54) is 19.1 Å². The molecule has 0 bridgehead atoms. The second kappa shape index (κ2) is 11.8. The van der Waals surface area contributed by atoms with Gasteiger partial charge in [0.05, 0.1) is 4.90 Å². The predicted octanol–water partition coefficient (Wildman–Crippen LogP) is 2.23. The number of nitrogens with one attached hydrogen (secondary N) is 2. The third-order valence-corrected chi connectivity index (χ3v) is 5.22. The Hall–Kier alpha value is -0.870. The number of halogens is 1. The molecule has 6 nitrogen and oxygen atoms in total. The van der Waals surface area contributed by atoms with Gasteiger partial charge in [0.2, 0.25) is 0 Å². The first-order valence-corrected chi connectivity index (χ1v) is 10.7. The van der Waals surface area contributed by atoms with Crippen molar-refractivity contribution in [1.29, 1.82) is 0 Å². The van der Waals surface area contributed by atoms with Crippen LogP contribution < -0.4 is 10.6 Å². The highest BCUT2D eigenvalue weighted by Crippen LogP contribution is 2.28. The average Bonchev–Trinajstić information content (AvgIpc) is 3.40. The van der Waals surface area contributed by atoms with Crippen molar-refractivity contribution in [3.05, 3.63) is 29.8 Å². The molecule has 1 aromatic rings. The third-order valence-electron chi connectivity index (χ3n) is 4.09. The van der Waals surface area contributed by atoms with Crippen LogP contribution in [0.5, 0.6) is 0 Å². The van der Waals surface area contributed by atoms with Gasteiger partial charge in [0.1, 0.15) is 0 Å². The number of rotatable bonds is 10. The Morgan fingerprint density at radius 2 is 1.85 bits per heavy atom. The highest BCUT2D eigenvalue weighted by Gasteiger charge is 2.20. The van der Waals surface area contributed by atoms with Crippen LogP contribution >= 0.6 is 24.0 Å². The van der Waals surface area contributed by atoms with Crippen LogP contribution in [0.2, 0.25) is 0 Å². The second-order valence-electron chi connectivity index (χ2n) is 6.46. The van der Waals surface area contributed by atoms with Gasteiger partial charge < -0.3 is 15.4 Å². The van der Waals surface area contributed by atoms with E-state index in [1.54, 1.807) is 19.2 Å². The zero-order valence-corrected chi connectivity index (χ0v) is 18.7. The number of nitrogens with zero attached hydrogens (tertiary/aromatic N) is 1. The summed E-state index contributed by atoms with van der Waals surface area (Å²) in [4.78, 5) is 4.55. The highest BCUT2D eigenvalue weighted by atomic mass is 127. The summed E-state index contributed by atoms with van der Waals surface area (Å²) in [7, 11) is -1.38. The van der Waals surface area contributed by atoms with Crippen molar-refractivity contribution in [2.75, 3.05) is 39.6 Å². The molecule has 0 aliphatic heterocycles. The van der Waals surface area contributed by atoms with Gasteiger partial charge in [-0.15, -0.1) is 24.0 Å². The lowest BCUT2D eigenvalue weighted by Crippen LogP contribution is -2.39. The number of sulfone groups is 1. The first-order chi connectivity index (χ1) is 12.0. The van der Waals surface area contributed by atoms with Crippen LogP contribution in [0.3, 0.4) is 0 Å². The molecule has 1 aromatic carbocycles. The minimum Gasteiger partial charge on any atom is -0.381 e. The summed E-state index contributed by atoms with van der Waals surface area (Å²) in [5.41, 5.74) is 1.09. The zero-order valence-electron chi connectivity index (χ0n) is 15.5. The smallest absolute Gasteiger partial charge is 0.190 e. The summed E-state index contributed by atoms with van der Waals surface area (Å²) in [6.45, 7) is 3.25. The van der Waals surface area contributed by atoms with Crippen LogP contribution in [-0.4, -0.2) is 54.0 Å². The van der Waals surface area contributed by atoms with E-state index in [0.29, 0.717) is 4.90 Å². The molecule has 1 aliphatic rings. The molecule has 148 valence electrons. The number of ether oxygens (including phenoxy) is 1. The fraction of sp³-hybridized carbons (Fsp3) is 0.611. The first kappa shape index (κ1) is 23.2. The summed E-state index contributed by atoms with van der Waals surface area (Å²) in [5, 5.41) is 6.53. The van der Waals surface area contributed by atoms with E-state index in [4.69, 9.17) is 4.74 Å². The van der Waals surface area contributed by atoms with Gasteiger partial charge in [0, 0.05) is 39.6 Å². The molecule has 0 atom stereocenters. The number of aliphatic imine (C=N–C) groups is 1. The maximum absolute atomic E-state index is 11.4. The molecule has 1 fully saturated rings. The Kier molecular flexibility index (Phi) is 10.5. The van der Waals surface area contributed by atoms with E-state index in [-0.39, 0.29) is 24.0 Å². The van der Waals surface area contributed by atoms with Gasteiger partial charge in [0.15, 0.2) is 15.8 Å². The summed E-state index contributed by atoms with van der Waals surface area (Å²) < 4.78 is 28.5. The van der Waals surface area contributed by atoms with Crippen molar-refractivity contribution in [2.45, 2.75) is 30.6 Å². The highest BCUT2D eigenvalue weighted by molar-refractivity contribution is 14.0. The van der Waals surface area contributed by atoms with Crippen molar-refractivity contribution in [3.63, 3.8) is 0 Å². The summed E-state index contributed by atoms with van der Waals surface area (Å²) in [6.07, 6.45) is 5.63. The molecule has 0 unspecified atom stereocenters. The van der Waals surface area contributed by atoms with E-state index in [1.807, 2.05) is 12.1 Å². The Morgan fingerprint density at radius 3 is 2.42 bits per heavy atom. The fourth-order valence-electron chi connectivity index (χ4n) is 2.36. The Balaban J connectivity index is 0.00000338. The second-order valence-corrected chi connectivity index (χ2v) is 8.48. The lowest BCUT2D eigenvalue weighted by molar-refractivity contribution is 0.123. The first-order valence-electron chi connectivity index (χ1n) is 8.80. The van der Waals surface area contributed by atoms with Crippen LogP contribution in [0.1, 0.15) is 24.8 Å². The molecule has 2 rings (SSSR count). The number of hydrogen-bond donors (Lipinski definition) is 2. The molecule has 2 N–H and O–H groups in total. The van der Waals surface area contributed by atoms with Gasteiger partial charge >= 0.3 is 0 Å². The molecule has 0 radical (unpaired) electrons. The third kappa shape index (κ3) is 9.18. The number of hydrogen-bond acceptors (Lipinski definition) is 4. The SMILES string of the molecule is CN=C(NCCCOCC1CC1)NCCc1ccc(S(C)(=O)=O)cc1.I. The minimum absolute atomic E-state index is 0. The topological polar surface area (TPSA) is 79.8 Å². The fourth-order valence-corrected chi connectivity index (χ4v) is 3.00. The van der Waals surface area contributed by atoms with Crippen LogP contribution in [0.25, 0.3) is 0 Å². The molecular weight excluding hydrogens is 465 g/mol. The predicted molar refractivity (Wildman–Crippen MR) is 116 cm³/mol. The van der Waals surface area contributed by atoms with Gasteiger partial charge in [-0.2, -0.15) is 0 Å². The maximum atomic E-state index is 11.4.